The van der Waals surface area contributed by atoms with E-state index in [0.717, 1.165) is 23.4 Å². The fourth-order valence-corrected chi connectivity index (χ4v) is 3.72. The van der Waals surface area contributed by atoms with E-state index in [4.69, 9.17) is 10.1 Å². The smallest absolute Gasteiger partial charge is 0.409 e. The van der Waals surface area contributed by atoms with E-state index in [-0.39, 0.29) is 5.41 Å². The largest absolute Gasteiger partial charge is 0.465 e. The van der Waals surface area contributed by atoms with Gasteiger partial charge in [-0.15, -0.1) is 0 Å². The number of hydrogen-bond acceptors (Lipinski definition) is 2. The lowest BCUT2D eigenvalue weighted by molar-refractivity contribution is 0.210. The SMILES string of the molecule is CC(C)(C)c1nc2cc(NC(=O)O)ccc2n1CC1CCCCC1. The predicted octanol–water partition coefficient (Wildman–Crippen LogP) is 5.00. The molecule has 1 heterocycles. The number of hydrogen-bond donors (Lipinski definition) is 2. The summed E-state index contributed by atoms with van der Waals surface area (Å²) in [7, 11) is 0. The number of fused-ring (bicyclic) bond motifs is 1. The minimum atomic E-state index is -1.05. The average Bonchev–Trinajstić information content (AvgIpc) is 2.86. The molecule has 130 valence electrons. The zero-order chi connectivity index (χ0) is 17.3. The van der Waals surface area contributed by atoms with Crippen LogP contribution in [0.25, 0.3) is 11.0 Å². The molecule has 0 bridgehead atoms. The molecule has 2 aromatic rings. The lowest BCUT2D eigenvalue weighted by Crippen LogP contribution is -2.22. The van der Waals surface area contributed by atoms with Crippen LogP contribution in [-0.4, -0.2) is 20.8 Å². The first kappa shape index (κ1) is 16.8. The van der Waals surface area contributed by atoms with Crippen molar-refractivity contribution >= 4 is 22.8 Å². The van der Waals surface area contributed by atoms with Gasteiger partial charge in [0.2, 0.25) is 0 Å². The van der Waals surface area contributed by atoms with Crippen molar-refractivity contribution in [1.29, 1.82) is 0 Å². The number of nitrogens with zero attached hydrogens (tertiary/aromatic N) is 2. The van der Waals surface area contributed by atoms with Crippen LogP contribution in [0.2, 0.25) is 0 Å². The summed E-state index contributed by atoms with van der Waals surface area (Å²) in [6, 6.07) is 5.64. The Balaban J connectivity index is 2.01. The van der Waals surface area contributed by atoms with Gasteiger partial charge in [-0.25, -0.2) is 9.78 Å². The van der Waals surface area contributed by atoms with Crippen molar-refractivity contribution < 1.29 is 9.90 Å². The molecule has 2 N–H and O–H groups in total. The molecule has 0 atom stereocenters. The van der Waals surface area contributed by atoms with Gasteiger partial charge in [0.05, 0.1) is 11.0 Å². The molecule has 0 saturated heterocycles. The Bertz CT molecular complexity index is 737. The van der Waals surface area contributed by atoms with Crippen molar-refractivity contribution in [3.63, 3.8) is 0 Å². The summed E-state index contributed by atoms with van der Waals surface area (Å²) in [6.45, 7) is 7.56. The Hall–Kier alpha value is -2.04. The first-order valence-corrected chi connectivity index (χ1v) is 8.85. The van der Waals surface area contributed by atoms with E-state index in [0.29, 0.717) is 11.6 Å². The van der Waals surface area contributed by atoms with Gasteiger partial charge in [0.1, 0.15) is 5.82 Å². The van der Waals surface area contributed by atoms with Crippen molar-refractivity contribution in [3.05, 3.63) is 24.0 Å². The Morgan fingerprint density at radius 2 is 2.00 bits per heavy atom. The van der Waals surface area contributed by atoms with Gasteiger partial charge in [-0.2, -0.15) is 0 Å². The maximum absolute atomic E-state index is 10.9. The number of nitrogens with one attached hydrogen (secondary N) is 1. The number of aromatic nitrogens is 2. The topological polar surface area (TPSA) is 67.2 Å². The Morgan fingerprint density at radius 1 is 1.29 bits per heavy atom. The normalized spacial score (nSPS) is 16.5. The van der Waals surface area contributed by atoms with Gasteiger partial charge in [0, 0.05) is 17.6 Å². The second kappa shape index (κ2) is 6.46. The Labute approximate surface area is 143 Å². The number of benzene rings is 1. The third-order valence-corrected chi connectivity index (χ3v) is 4.84. The van der Waals surface area contributed by atoms with Crippen LogP contribution in [0.3, 0.4) is 0 Å². The summed E-state index contributed by atoms with van der Waals surface area (Å²) in [6.07, 6.45) is 5.55. The van der Waals surface area contributed by atoms with Crippen LogP contribution in [0.5, 0.6) is 0 Å². The van der Waals surface area contributed by atoms with Crippen LogP contribution < -0.4 is 5.32 Å². The zero-order valence-electron chi connectivity index (χ0n) is 14.8. The number of rotatable bonds is 3. The van der Waals surface area contributed by atoms with Gasteiger partial charge in [-0.3, -0.25) is 5.32 Å². The molecule has 3 rings (SSSR count). The van der Waals surface area contributed by atoms with Gasteiger partial charge in [0.25, 0.3) is 0 Å². The molecule has 1 aromatic heterocycles. The van der Waals surface area contributed by atoms with E-state index in [9.17, 15) is 4.79 Å². The molecule has 1 amide bonds. The number of anilines is 1. The molecule has 24 heavy (non-hydrogen) atoms. The first-order chi connectivity index (χ1) is 11.3. The van der Waals surface area contributed by atoms with E-state index in [1.807, 2.05) is 18.2 Å². The van der Waals surface area contributed by atoms with Crippen molar-refractivity contribution in [2.75, 3.05) is 5.32 Å². The summed E-state index contributed by atoms with van der Waals surface area (Å²) in [5.74, 6) is 1.80. The highest BCUT2D eigenvalue weighted by molar-refractivity contribution is 5.88. The molecule has 5 heteroatoms. The number of imidazole rings is 1. The van der Waals surface area contributed by atoms with Crippen LogP contribution >= 0.6 is 0 Å². The minimum Gasteiger partial charge on any atom is -0.465 e. The quantitative estimate of drug-likeness (QED) is 0.832. The molecule has 0 radical (unpaired) electrons. The molecular weight excluding hydrogens is 302 g/mol. The van der Waals surface area contributed by atoms with Crippen molar-refractivity contribution in [2.24, 2.45) is 5.92 Å². The lowest BCUT2D eigenvalue weighted by Gasteiger charge is -2.26. The molecule has 5 nitrogen and oxygen atoms in total. The number of carboxylic acid groups (broad SMARTS) is 1. The highest BCUT2D eigenvalue weighted by Crippen LogP contribution is 2.32. The van der Waals surface area contributed by atoms with E-state index in [1.54, 1.807) is 0 Å². The van der Waals surface area contributed by atoms with E-state index >= 15 is 0 Å². The molecule has 1 aliphatic carbocycles. The fraction of sp³-hybridized carbons (Fsp3) is 0.579. The molecule has 0 unspecified atom stereocenters. The van der Waals surface area contributed by atoms with Gasteiger partial charge in [-0.05, 0) is 37.0 Å². The maximum Gasteiger partial charge on any atom is 0.409 e. The van der Waals surface area contributed by atoms with Gasteiger partial charge < -0.3 is 9.67 Å². The summed E-state index contributed by atoms with van der Waals surface area (Å²) < 4.78 is 2.36. The average molecular weight is 329 g/mol. The van der Waals surface area contributed by atoms with Gasteiger partial charge in [0.15, 0.2) is 0 Å². The van der Waals surface area contributed by atoms with E-state index < -0.39 is 6.09 Å². The van der Waals surface area contributed by atoms with Gasteiger partial charge in [-0.1, -0.05) is 40.0 Å². The highest BCUT2D eigenvalue weighted by Gasteiger charge is 2.25. The molecule has 0 spiro atoms. The standard InChI is InChI=1S/C19H27N3O2/c1-19(2,3)17-21-15-11-14(20-18(23)24)9-10-16(15)22(17)12-13-7-5-4-6-8-13/h9-11,13,20H,4-8,12H2,1-3H3,(H,23,24). The highest BCUT2D eigenvalue weighted by atomic mass is 16.4. The third kappa shape index (κ3) is 3.55. The Kier molecular flexibility index (Phi) is 4.52. The second-order valence-corrected chi connectivity index (χ2v) is 7.93. The van der Waals surface area contributed by atoms with E-state index in [2.05, 4.69) is 30.7 Å². The maximum atomic E-state index is 10.9. The molecule has 1 aromatic carbocycles. The van der Waals surface area contributed by atoms with E-state index in [1.165, 1.54) is 32.1 Å². The van der Waals surface area contributed by atoms with Crippen LogP contribution in [0.1, 0.15) is 58.7 Å². The lowest BCUT2D eigenvalue weighted by atomic mass is 9.88. The van der Waals surface area contributed by atoms with Crippen molar-refractivity contribution in [2.45, 2.75) is 64.8 Å². The minimum absolute atomic E-state index is 0.0475. The third-order valence-electron chi connectivity index (χ3n) is 4.84. The monoisotopic (exact) mass is 329 g/mol. The molecule has 0 aliphatic heterocycles. The summed E-state index contributed by atoms with van der Waals surface area (Å²) in [4.78, 5) is 15.7. The Morgan fingerprint density at radius 3 is 2.62 bits per heavy atom. The second-order valence-electron chi connectivity index (χ2n) is 7.93. The molecular formula is C19H27N3O2. The molecule has 1 aliphatic rings. The van der Waals surface area contributed by atoms with Crippen molar-refractivity contribution in [3.8, 4) is 0 Å². The first-order valence-electron chi connectivity index (χ1n) is 8.85. The number of amides is 1. The predicted molar refractivity (Wildman–Crippen MR) is 96.7 cm³/mol. The summed E-state index contributed by atoms with van der Waals surface area (Å²) in [5, 5.41) is 11.3. The number of carbonyl (C=O) groups is 1. The summed E-state index contributed by atoms with van der Waals surface area (Å²) in [5.41, 5.74) is 2.48. The fourth-order valence-electron chi connectivity index (χ4n) is 3.72. The van der Waals surface area contributed by atoms with Crippen LogP contribution in [0, 0.1) is 5.92 Å². The van der Waals surface area contributed by atoms with Crippen LogP contribution in [-0.2, 0) is 12.0 Å². The summed E-state index contributed by atoms with van der Waals surface area (Å²) >= 11 is 0. The van der Waals surface area contributed by atoms with Gasteiger partial charge >= 0.3 is 6.09 Å². The van der Waals surface area contributed by atoms with Crippen LogP contribution in [0.4, 0.5) is 10.5 Å². The van der Waals surface area contributed by atoms with Crippen LogP contribution in [0.15, 0.2) is 18.2 Å². The molecule has 1 saturated carbocycles. The molecule has 1 fully saturated rings. The zero-order valence-corrected chi connectivity index (χ0v) is 14.8. The van der Waals surface area contributed by atoms with Crippen molar-refractivity contribution in [1.82, 2.24) is 9.55 Å².